The Kier molecular flexibility index (Phi) is 6.89. The van der Waals surface area contributed by atoms with Gasteiger partial charge in [0.1, 0.15) is 0 Å². The van der Waals surface area contributed by atoms with E-state index in [4.69, 9.17) is 4.74 Å². The first kappa shape index (κ1) is 14.2. The van der Waals surface area contributed by atoms with Crippen LogP contribution in [0.4, 0.5) is 0 Å². The zero-order valence-corrected chi connectivity index (χ0v) is 11.3. The Morgan fingerprint density at radius 3 is 2.88 bits per heavy atom. The smallest absolute Gasteiger partial charge is 0.0492 e. The molecule has 0 aliphatic carbocycles. The number of hydrogen-bond donors (Lipinski definition) is 1. The second-order valence-corrected chi connectivity index (χ2v) is 4.37. The minimum atomic E-state index is 0.588. The summed E-state index contributed by atoms with van der Waals surface area (Å²) in [4.78, 5) is 0. The molecule has 4 heteroatoms. The molecule has 1 unspecified atom stereocenters. The van der Waals surface area contributed by atoms with E-state index in [1.54, 1.807) is 7.11 Å². The molecule has 1 rings (SSSR count). The van der Waals surface area contributed by atoms with Gasteiger partial charge in [0.2, 0.25) is 0 Å². The summed E-state index contributed by atoms with van der Waals surface area (Å²) in [6.45, 7) is 4.05. The van der Waals surface area contributed by atoms with Gasteiger partial charge in [0.25, 0.3) is 0 Å². The Labute approximate surface area is 104 Å². The maximum Gasteiger partial charge on any atom is 0.0492 e. The van der Waals surface area contributed by atoms with Gasteiger partial charge in [-0.15, -0.1) is 0 Å². The second-order valence-electron chi connectivity index (χ2n) is 4.37. The van der Waals surface area contributed by atoms with Gasteiger partial charge in [-0.3, -0.25) is 4.68 Å². The van der Waals surface area contributed by atoms with Crippen molar-refractivity contribution in [2.24, 2.45) is 7.05 Å². The Morgan fingerprint density at radius 2 is 2.29 bits per heavy atom. The molecule has 0 radical (unpaired) electrons. The number of rotatable bonds is 9. The molecule has 17 heavy (non-hydrogen) atoms. The van der Waals surface area contributed by atoms with Crippen molar-refractivity contribution < 1.29 is 4.74 Å². The highest BCUT2D eigenvalue weighted by Crippen LogP contribution is 2.08. The fourth-order valence-corrected chi connectivity index (χ4v) is 2.08. The highest BCUT2D eigenvalue weighted by molar-refractivity contribution is 5.00. The Balaban J connectivity index is 2.30. The lowest BCUT2D eigenvalue weighted by Gasteiger charge is -2.17. The van der Waals surface area contributed by atoms with Gasteiger partial charge in [-0.05, 0) is 38.3 Å². The van der Waals surface area contributed by atoms with Gasteiger partial charge >= 0.3 is 0 Å². The molecular formula is C13H25N3O. The summed E-state index contributed by atoms with van der Waals surface area (Å²) < 4.78 is 7.05. The number of nitrogens with zero attached hydrogens (tertiary/aromatic N) is 2. The van der Waals surface area contributed by atoms with Gasteiger partial charge in [-0.25, -0.2) is 0 Å². The van der Waals surface area contributed by atoms with Crippen LogP contribution in [0.25, 0.3) is 0 Å². The molecule has 0 bridgehead atoms. The van der Waals surface area contributed by atoms with Crippen molar-refractivity contribution in [3.63, 3.8) is 0 Å². The third-order valence-corrected chi connectivity index (χ3v) is 3.07. The highest BCUT2D eigenvalue weighted by Gasteiger charge is 2.08. The normalized spacial score (nSPS) is 12.9. The Morgan fingerprint density at radius 1 is 1.47 bits per heavy atom. The number of hydrogen-bond acceptors (Lipinski definition) is 3. The summed E-state index contributed by atoms with van der Waals surface area (Å²) in [5, 5.41) is 7.73. The lowest BCUT2D eigenvalue weighted by Crippen LogP contribution is -2.29. The lowest BCUT2D eigenvalue weighted by atomic mass is 10.0. The summed E-state index contributed by atoms with van der Waals surface area (Å²) in [5.74, 6) is 0. The van der Waals surface area contributed by atoms with Crippen LogP contribution in [-0.4, -0.2) is 36.1 Å². The van der Waals surface area contributed by atoms with Gasteiger partial charge in [0.05, 0.1) is 0 Å². The van der Waals surface area contributed by atoms with Gasteiger partial charge in [0, 0.05) is 38.7 Å². The average Bonchev–Trinajstić information content (AvgIpc) is 2.72. The number of aromatic nitrogens is 2. The zero-order valence-electron chi connectivity index (χ0n) is 11.3. The van der Waals surface area contributed by atoms with Gasteiger partial charge < -0.3 is 10.1 Å². The third kappa shape index (κ3) is 5.33. The molecule has 0 spiro atoms. The van der Waals surface area contributed by atoms with Crippen LogP contribution in [0.15, 0.2) is 12.3 Å². The lowest BCUT2D eigenvalue weighted by molar-refractivity contribution is 0.188. The standard InChI is InChI=1S/C13H25N3O/c1-4-14-12(6-5-11-17-3)7-8-13-9-10-15-16(13)2/h9-10,12,14H,4-8,11H2,1-3H3. The van der Waals surface area contributed by atoms with Crippen LogP contribution in [-0.2, 0) is 18.2 Å². The van der Waals surface area contributed by atoms with Crippen LogP contribution in [0, 0.1) is 0 Å². The molecule has 98 valence electrons. The minimum Gasteiger partial charge on any atom is -0.385 e. The maximum absolute atomic E-state index is 5.10. The van der Waals surface area contributed by atoms with E-state index in [1.165, 1.54) is 12.1 Å². The van der Waals surface area contributed by atoms with Gasteiger partial charge in [-0.1, -0.05) is 6.92 Å². The molecule has 0 amide bonds. The first-order chi connectivity index (χ1) is 8.27. The maximum atomic E-state index is 5.10. The van der Waals surface area contributed by atoms with Gasteiger partial charge in [0.15, 0.2) is 0 Å². The van der Waals surface area contributed by atoms with E-state index < -0.39 is 0 Å². The molecular weight excluding hydrogens is 214 g/mol. The first-order valence-electron chi connectivity index (χ1n) is 6.47. The van der Waals surface area contributed by atoms with Crippen LogP contribution in [0.2, 0.25) is 0 Å². The van der Waals surface area contributed by atoms with Crippen molar-refractivity contribution in [2.75, 3.05) is 20.3 Å². The SMILES string of the molecule is CCNC(CCCOC)CCc1ccnn1C. The summed E-state index contributed by atoms with van der Waals surface area (Å²) in [7, 11) is 3.76. The van der Waals surface area contributed by atoms with Crippen molar-refractivity contribution in [3.05, 3.63) is 18.0 Å². The molecule has 0 saturated heterocycles. The monoisotopic (exact) mass is 239 g/mol. The van der Waals surface area contributed by atoms with E-state index in [9.17, 15) is 0 Å². The molecule has 0 aromatic carbocycles. The molecule has 1 aromatic rings. The van der Waals surface area contributed by atoms with Crippen LogP contribution in [0.5, 0.6) is 0 Å². The van der Waals surface area contributed by atoms with Crippen LogP contribution in [0.1, 0.15) is 31.9 Å². The fourth-order valence-electron chi connectivity index (χ4n) is 2.08. The third-order valence-electron chi connectivity index (χ3n) is 3.07. The van der Waals surface area contributed by atoms with Crippen molar-refractivity contribution in [2.45, 2.75) is 38.6 Å². The van der Waals surface area contributed by atoms with Crippen molar-refractivity contribution in [1.29, 1.82) is 0 Å². The Hall–Kier alpha value is -0.870. The molecule has 0 saturated carbocycles. The summed E-state index contributed by atoms with van der Waals surface area (Å²) in [6, 6.07) is 2.68. The Bertz CT molecular complexity index is 299. The van der Waals surface area contributed by atoms with E-state index in [1.807, 2.05) is 17.9 Å². The second kappa shape index (κ2) is 8.25. The predicted octanol–water partition coefficient (Wildman–Crippen LogP) is 1.76. The first-order valence-corrected chi connectivity index (χ1v) is 6.47. The molecule has 0 fully saturated rings. The van der Waals surface area contributed by atoms with Crippen LogP contribution < -0.4 is 5.32 Å². The average molecular weight is 239 g/mol. The highest BCUT2D eigenvalue weighted by atomic mass is 16.5. The minimum absolute atomic E-state index is 0.588. The number of aryl methyl sites for hydroxylation is 2. The van der Waals surface area contributed by atoms with E-state index in [-0.39, 0.29) is 0 Å². The molecule has 0 aliphatic rings. The van der Waals surface area contributed by atoms with Crippen molar-refractivity contribution >= 4 is 0 Å². The molecule has 1 aromatic heterocycles. The number of nitrogens with one attached hydrogen (secondary N) is 1. The summed E-state index contributed by atoms with van der Waals surface area (Å²) in [5.41, 5.74) is 1.31. The molecule has 0 aliphatic heterocycles. The van der Waals surface area contributed by atoms with Crippen LogP contribution >= 0.6 is 0 Å². The zero-order chi connectivity index (χ0) is 12.5. The fraction of sp³-hybridized carbons (Fsp3) is 0.769. The summed E-state index contributed by atoms with van der Waals surface area (Å²) in [6.07, 6.45) is 6.42. The topological polar surface area (TPSA) is 39.1 Å². The van der Waals surface area contributed by atoms with E-state index in [0.29, 0.717) is 6.04 Å². The number of methoxy groups -OCH3 is 1. The predicted molar refractivity (Wildman–Crippen MR) is 70.1 cm³/mol. The van der Waals surface area contributed by atoms with Crippen molar-refractivity contribution in [3.8, 4) is 0 Å². The van der Waals surface area contributed by atoms with Crippen LogP contribution in [0.3, 0.4) is 0 Å². The van der Waals surface area contributed by atoms with E-state index in [2.05, 4.69) is 23.4 Å². The molecule has 1 atom stereocenters. The summed E-state index contributed by atoms with van der Waals surface area (Å²) >= 11 is 0. The van der Waals surface area contributed by atoms with Crippen molar-refractivity contribution in [1.82, 2.24) is 15.1 Å². The van der Waals surface area contributed by atoms with E-state index >= 15 is 0 Å². The largest absolute Gasteiger partial charge is 0.385 e. The molecule has 1 N–H and O–H groups in total. The number of ether oxygens (including phenoxy) is 1. The van der Waals surface area contributed by atoms with E-state index in [0.717, 1.165) is 32.4 Å². The molecule has 4 nitrogen and oxygen atoms in total. The van der Waals surface area contributed by atoms with Gasteiger partial charge in [-0.2, -0.15) is 5.10 Å². The quantitative estimate of drug-likeness (QED) is 0.667. The molecule has 1 heterocycles.